The Bertz CT molecular complexity index is 900. The SMILES string of the molecule is CCc1ccc(N=Nc2c(C(=O)O)nc3ccc(Cl)cn23)cc1. The van der Waals surface area contributed by atoms with Gasteiger partial charge in [-0.3, -0.25) is 4.40 Å². The second-order valence-electron chi connectivity index (χ2n) is 4.88. The molecule has 0 bridgehead atoms. The van der Waals surface area contributed by atoms with Crippen molar-refractivity contribution >= 4 is 34.7 Å². The van der Waals surface area contributed by atoms with Crippen LogP contribution in [0.25, 0.3) is 5.65 Å². The van der Waals surface area contributed by atoms with E-state index in [1.165, 1.54) is 9.96 Å². The number of carboxylic acids is 1. The second-order valence-corrected chi connectivity index (χ2v) is 5.32. The molecule has 3 rings (SSSR count). The van der Waals surface area contributed by atoms with Gasteiger partial charge in [0.1, 0.15) is 5.65 Å². The molecule has 1 N–H and O–H groups in total. The molecule has 0 aliphatic rings. The number of benzene rings is 1. The Kier molecular flexibility index (Phi) is 4.08. The Morgan fingerprint density at radius 3 is 2.61 bits per heavy atom. The molecule has 2 heterocycles. The Morgan fingerprint density at radius 2 is 1.96 bits per heavy atom. The Labute approximate surface area is 137 Å². The standard InChI is InChI=1S/C16H13ClN4O2/c1-2-10-3-6-12(7-4-10)19-20-15-14(16(22)23)18-13-8-5-11(17)9-21(13)15/h3-9H,2H2,1H3,(H,22,23). The molecule has 0 aliphatic heterocycles. The summed E-state index contributed by atoms with van der Waals surface area (Å²) in [5, 5.41) is 17.9. The van der Waals surface area contributed by atoms with Gasteiger partial charge in [-0.25, -0.2) is 9.78 Å². The van der Waals surface area contributed by atoms with Crippen LogP contribution < -0.4 is 0 Å². The molecule has 0 saturated carbocycles. The molecule has 0 amide bonds. The molecule has 6 nitrogen and oxygen atoms in total. The lowest BCUT2D eigenvalue weighted by atomic mass is 10.2. The molecule has 3 aromatic rings. The fraction of sp³-hybridized carbons (Fsp3) is 0.125. The van der Waals surface area contributed by atoms with E-state index in [9.17, 15) is 9.90 Å². The summed E-state index contributed by atoms with van der Waals surface area (Å²) in [6.45, 7) is 2.07. The van der Waals surface area contributed by atoms with Gasteiger partial charge in [-0.2, -0.15) is 0 Å². The normalized spacial score (nSPS) is 11.4. The third-order valence-electron chi connectivity index (χ3n) is 3.36. The summed E-state index contributed by atoms with van der Waals surface area (Å²) in [5.41, 5.74) is 2.11. The third-order valence-corrected chi connectivity index (χ3v) is 3.59. The summed E-state index contributed by atoms with van der Waals surface area (Å²) < 4.78 is 1.51. The topological polar surface area (TPSA) is 79.3 Å². The largest absolute Gasteiger partial charge is 0.476 e. The van der Waals surface area contributed by atoms with Crippen molar-refractivity contribution in [2.24, 2.45) is 10.2 Å². The minimum absolute atomic E-state index is 0.134. The summed E-state index contributed by atoms with van der Waals surface area (Å²) in [6, 6.07) is 10.8. The zero-order chi connectivity index (χ0) is 16.4. The van der Waals surface area contributed by atoms with Crippen LogP contribution in [0.2, 0.25) is 5.02 Å². The molecule has 0 unspecified atom stereocenters. The highest BCUT2D eigenvalue weighted by Gasteiger charge is 2.18. The maximum Gasteiger partial charge on any atom is 0.358 e. The number of hydrogen-bond donors (Lipinski definition) is 1. The number of aromatic nitrogens is 2. The molecule has 1 aromatic carbocycles. The lowest BCUT2D eigenvalue weighted by Crippen LogP contribution is -1.96. The number of fused-ring (bicyclic) bond motifs is 1. The van der Waals surface area contributed by atoms with E-state index in [0.29, 0.717) is 16.4 Å². The van der Waals surface area contributed by atoms with Crippen LogP contribution in [0.3, 0.4) is 0 Å². The van der Waals surface area contributed by atoms with Gasteiger partial charge in [0.15, 0.2) is 11.5 Å². The Balaban J connectivity index is 2.06. The number of azo groups is 1. The van der Waals surface area contributed by atoms with E-state index in [4.69, 9.17) is 11.6 Å². The van der Waals surface area contributed by atoms with Gasteiger partial charge in [-0.1, -0.05) is 30.7 Å². The average Bonchev–Trinajstić information content (AvgIpc) is 2.91. The minimum atomic E-state index is -1.17. The van der Waals surface area contributed by atoms with E-state index in [1.54, 1.807) is 18.3 Å². The smallest absolute Gasteiger partial charge is 0.358 e. The predicted molar refractivity (Wildman–Crippen MR) is 87.2 cm³/mol. The molecule has 0 radical (unpaired) electrons. The molecule has 0 fully saturated rings. The fourth-order valence-electron chi connectivity index (χ4n) is 2.15. The average molecular weight is 329 g/mol. The number of carbonyl (C=O) groups is 1. The van der Waals surface area contributed by atoms with Gasteiger partial charge in [0.05, 0.1) is 10.7 Å². The van der Waals surface area contributed by atoms with Crippen molar-refractivity contribution in [2.45, 2.75) is 13.3 Å². The quantitative estimate of drug-likeness (QED) is 0.707. The molecule has 0 atom stereocenters. The minimum Gasteiger partial charge on any atom is -0.476 e. The third kappa shape index (κ3) is 3.07. The highest BCUT2D eigenvalue weighted by molar-refractivity contribution is 6.30. The van der Waals surface area contributed by atoms with Crippen LogP contribution in [-0.2, 0) is 6.42 Å². The van der Waals surface area contributed by atoms with Crippen molar-refractivity contribution in [3.05, 3.63) is 58.9 Å². The molecule has 0 saturated heterocycles. The molecule has 23 heavy (non-hydrogen) atoms. The van der Waals surface area contributed by atoms with E-state index in [0.717, 1.165) is 6.42 Å². The summed E-state index contributed by atoms with van der Waals surface area (Å²) in [4.78, 5) is 15.4. The lowest BCUT2D eigenvalue weighted by molar-refractivity contribution is 0.0692. The van der Waals surface area contributed by atoms with Crippen molar-refractivity contribution in [3.8, 4) is 0 Å². The van der Waals surface area contributed by atoms with Gasteiger partial charge in [0.25, 0.3) is 0 Å². The highest BCUT2D eigenvalue weighted by atomic mass is 35.5. The van der Waals surface area contributed by atoms with Gasteiger partial charge < -0.3 is 5.11 Å². The van der Waals surface area contributed by atoms with Crippen LogP contribution in [0.5, 0.6) is 0 Å². The molecule has 0 spiro atoms. The van der Waals surface area contributed by atoms with E-state index < -0.39 is 5.97 Å². The number of imidazole rings is 1. The van der Waals surface area contributed by atoms with Crippen LogP contribution in [0.1, 0.15) is 23.0 Å². The Morgan fingerprint density at radius 1 is 1.22 bits per heavy atom. The lowest BCUT2D eigenvalue weighted by Gasteiger charge is -1.98. The second kappa shape index (κ2) is 6.18. The Hall–Kier alpha value is -2.73. The highest BCUT2D eigenvalue weighted by Crippen LogP contribution is 2.26. The van der Waals surface area contributed by atoms with Crippen LogP contribution in [0.4, 0.5) is 11.5 Å². The number of hydrogen-bond acceptors (Lipinski definition) is 4. The summed E-state index contributed by atoms with van der Waals surface area (Å²) in [5.74, 6) is -1.03. The van der Waals surface area contributed by atoms with Gasteiger partial charge >= 0.3 is 5.97 Å². The van der Waals surface area contributed by atoms with Crippen LogP contribution in [0, 0.1) is 0 Å². The summed E-state index contributed by atoms with van der Waals surface area (Å²) >= 11 is 5.96. The molecule has 2 aromatic heterocycles. The first kappa shape index (κ1) is 15.2. The molecule has 7 heteroatoms. The monoisotopic (exact) mass is 328 g/mol. The van der Waals surface area contributed by atoms with Crippen molar-refractivity contribution < 1.29 is 9.90 Å². The molecule has 0 aliphatic carbocycles. The number of aromatic carboxylic acids is 1. The van der Waals surface area contributed by atoms with Crippen molar-refractivity contribution in [3.63, 3.8) is 0 Å². The first-order valence-corrected chi connectivity index (χ1v) is 7.38. The van der Waals surface area contributed by atoms with E-state index in [-0.39, 0.29) is 11.5 Å². The number of nitrogens with zero attached hydrogens (tertiary/aromatic N) is 4. The summed E-state index contributed by atoms with van der Waals surface area (Å²) in [7, 11) is 0. The maximum absolute atomic E-state index is 11.4. The molecule has 116 valence electrons. The number of carboxylic acid groups (broad SMARTS) is 1. The van der Waals surface area contributed by atoms with Crippen molar-refractivity contribution in [2.75, 3.05) is 0 Å². The number of aryl methyl sites for hydroxylation is 1. The van der Waals surface area contributed by atoms with Crippen LogP contribution in [-0.4, -0.2) is 20.5 Å². The van der Waals surface area contributed by atoms with E-state index in [2.05, 4.69) is 22.1 Å². The van der Waals surface area contributed by atoms with E-state index >= 15 is 0 Å². The first-order valence-electron chi connectivity index (χ1n) is 7.00. The zero-order valence-electron chi connectivity index (χ0n) is 12.3. The number of halogens is 1. The maximum atomic E-state index is 11.4. The van der Waals surface area contributed by atoms with Crippen molar-refractivity contribution in [1.82, 2.24) is 9.38 Å². The number of pyridine rings is 1. The number of rotatable bonds is 4. The van der Waals surface area contributed by atoms with Crippen LogP contribution >= 0.6 is 11.6 Å². The predicted octanol–water partition coefficient (Wildman–Crippen LogP) is 4.66. The van der Waals surface area contributed by atoms with E-state index in [1.807, 2.05) is 24.3 Å². The van der Waals surface area contributed by atoms with Gasteiger partial charge in [-0.15, -0.1) is 10.2 Å². The van der Waals surface area contributed by atoms with Gasteiger partial charge in [-0.05, 0) is 36.2 Å². The summed E-state index contributed by atoms with van der Waals surface area (Å²) in [6.07, 6.45) is 2.50. The molecular formula is C16H13ClN4O2. The first-order chi connectivity index (χ1) is 11.1. The zero-order valence-corrected chi connectivity index (χ0v) is 13.0. The fourth-order valence-corrected chi connectivity index (χ4v) is 2.31. The van der Waals surface area contributed by atoms with Gasteiger partial charge in [0, 0.05) is 6.20 Å². The van der Waals surface area contributed by atoms with Crippen LogP contribution in [0.15, 0.2) is 52.8 Å². The van der Waals surface area contributed by atoms with Crippen molar-refractivity contribution in [1.29, 1.82) is 0 Å². The van der Waals surface area contributed by atoms with Gasteiger partial charge in [0.2, 0.25) is 0 Å². The molecular weight excluding hydrogens is 316 g/mol.